The average Bonchev–Trinajstić information content (AvgIpc) is 2.22. The van der Waals surface area contributed by atoms with Crippen LogP contribution >= 0.6 is 15.9 Å². The average molecular weight is 306 g/mol. The van der Waals surface area contributed by atoms with Crippen molar-refractivity contribution in [2.75, 3.05) is 24.4 Å². The molecule has 1 saturated heterocycles. The number of nitrogens with zero attached hydrogens (tertiary/aromatic N) is 3. The number of hydrogen-bond acceptors (Lipinski definition) is 3. The topological polar surface area (TPSA) is 53.5 Å². The van der Waals surface area contributed by atoms with Gasteiger partial charge < -0.3 is 0 Å². The molecule has 16 heavy (non-hydrogen) atoms. The fourth-order valence-corrected chi connectivity index (χ4v) is 3.41. The van der Waals surface area contributed by atoms with Gasteiger partial charge in [0.2, 0.25) is 0 Å². The second-order valence-electron chi connectivity index (χ2n) is 3.62. The molecule has 1 aliphatic rings. The highest BCUT2D eigenvalue weighted by Gasteiger charge is 2.31. The summed E-state index contributed by atoms with van der Waals surface area (Å²) in [6.45, 7) is 1.07. The van der Waals surface area contributed by atoms with Crippen LogP contribution in [0.25, 0.3) is 0 Å². The highest BCUT2D eigenvalue weighted by atomic mass is 79.9. The summed E-state index contributed by atoms with van der Waals surface area (Å²) in [5.41, 5.74) is 0.598. The Morgan fingerprint density at radius 2 is 2.12 bits per heavy atom. The summed E-state index contributed by atoms with van der Waals surface area (Å²) >= 11 is 3.28. The number of rotatable bonds is 1. The maximum atomic E-state index is 12.0. The first-order valence-corrected chi connectivity index (χ1v) is 7.05. The number of hydrogen-bond donors (Lipinski definition) is 0. The van der Waals surface area contributed by atoms with E-state index in [4.69, 9.17) is 0 Å². The number of halogens is 1. The molecule has 0 aromatic carbocycles. The maximum absolute atomic E-state index is 12.0. The second-order valence-corrected chi connectivity index (χ2v) is 6.49. The molecule has 88 valence electrons. The maximum Gasteiger partial charge on any atom is 0.303 e. The largest absolute Gasteiger partial charge is 0.303 e. The Kier molecular flexibility index (Phi) is 3.18. The molecule has 0 bridgehead atoms. The normalized spacial score (nSPS) is 21.0. The molecule has 0 aliphatic carbocycles. The monoisotopic (exact) mass is 305 g/mol. The van der Waals surface area contributed by atoms with E-state index in [9.17, 15) is 8.42 Å². The Bertz CT molecular complexity index is 491. The van der Waals surface area contributed by atoms with E-state index < -0.39 is 10.2 Å². The lowest BCUT2D eigenvalue weighted by Gasteiger charge is -2.33. The number of pyridine rings is 1. The number of anilines is 1. The molecular weight excluding hydrogens is 294 g/mol. The van der Waals surface area contributed by atoms with Crippen LogP contribution in [-0.2, 0) is 10.2 Å². The molecule has 1 aromatic rings. The van der Waals surface area contributed by atoms with Crippen molar-refractivity contribution in [3.05, 3.63) is 22.9 Å². The van der Waals surface area contributed by atoms with Crippen LogP contribution in [0.1, 0.15) is 6.42 Å². The molecule has 1 fully saturated rings. The zero-order valence-electron chi connectivity index (χ0n) is 8.80. The molecule has 0 spiro atoms. The van der Waals surface area contributed by atoms with Gasteiger partial charge in [-0.15, -0.1) is 0 Å². The van der Waals surface area contributed by atoms with Crippen molar-refractivity contribution < 1.29 is 8.42 Å². The molecule has 0 saturated carbocycles. The van der Waals surface area contributed by atoms with Gasteiger partial charge in [-0.25, -0.2) is 0 Å². The first-order valence-electron chi connectivity index (χ1n) is 4.86. The fraction of sp³-hybridized carbons (Fsp3) is 0.444. The van der Waals surface area contributed by atoms with E-state index in [0.29, 0.717) is 18.8 Å². The van der Waals surface area contributed by atoms with E-state index in [-0.39, 0.29) is 0 Å². The molecule has 7 heteroatoms. The highest BCUT2D eigenvalue weighted by molar-refractivity contribution is 9.10. The summed E-state index contributed by atoms with van der Waals surface area (Å²) in [7, 11) is -1.78. The third-order valence-electron chi connectivity index (χ3n) is 2.49. The lowest BCUT2D eigenvalue weighted by molar-refractivity contribution is 0.438. The van der Waals surface area contributed by atoms with Crippen molar-refractivity contribution >= 4 is 31.8 Å². The van der Waals surface area contributed by atoms with Gasteiger partial charge in [0.1, 0.15) is 0 Å². The van der Waals surface area contributed by atoms with Gasteiger partial charge in [-0.3, -0.25) is 9.29 Å². The minimum atomic E-state index is -3.37. The molecule has 5 nitrogen and oxygen atoms in total. The number of aromatic nitrogens is 1. The van der Waals surface area contributed by atoms with Gasteiger partial charge in [-0.1, -0.05) is 0 Å². The van der Waals surface area contributed by atoms with Crippen LogP contribution in [0.5, 0.6) is 0 Å². The van der Waals surface area contributed by atoms with Crippen LogP contribution in [0, 0.1) is 0 Å². The van der Waals surface area contributed by atoms with Crippen molar-refractivity contribution in [1.82, 2.24) is 9.29 Å². The zero-order chi connectivity index (χ0) is 11.8. The molecule has 0 amide bonds. The highest BCUT2D eigenvalue weighted by Crippen LogP contribution is 2.25. The van der Waals surface area contributed by atoms with Crippen molar-refractivity contribution in [3.63, 3.8) is 0 Å². The minimum Gasteiger partial charge on any atom is -0.261 e. The van der Waals surface area contributed by atoms with Crippen LogP contribution in [-0.4, -0.2) is 37.8 Å². The van der Waals surface area contributed by atoms with Crippen LogP contribution in [0.2, 0.25) is 0 Å². The van der Waals surface area contributed by atoms with Crippen molar-refractivity contribution in [2.45, 2.75) is 6.42 Å². The first kappa shape index (κ1) is 11.8. The smallest absolute Gasteiger partial charge is 0.261 e. The summed E-state index contributed by atoms with van der Waals surface area (Å²) < 4.78 is 27.6. The van der Waals surface area contributed by atoms with E-state index >= 15 is 0 Å². The Balaban J connectivity index is 2.40. The lowest BCUT2D eigenvalue weighted by Crippen LogP contribution is -2.48. The van der Waals surface area contributed by atoms with Crippen molar-refractivity contribution in [1.29, 1.82) is 0 Å². The molecule has 1 aliphatic heterocycles. The predicted molar refractivity (Wildman–Crippen MR) is 65.4 cm³/mol. The third-order valence-corrected chi connectivity index (χ3v) is 4.84. The summed E-state index contributed by atoms with van der Waals surface area (Å²) in [6, 6.07) is 1.75. The first-order chi connectivity index (χ1) is 7.51. The minimum absolute atomic E-state index is 0.505. The predicted octanol–water partition coefficient (Wildman–Crippen LogP) is 1.23. The van der Waals surface area contributed by atoms with Gasteiger partial charge in [0.25, 0.3) is 0 Å². The Morgan fingerprint density at radius 1 is 1.38 bits per heavy atom. The SMILES string of the molecule is CN1CCCN(c2cncc(Br)c2)S1(=O)=O. The van der Waals surface area contributed by atoms with Gasteiger partial charge in [0, 0.05) is 30.8 Å². The lowest BCUT2D eigenvalue weighted by atomic mass is 10.3. The molecule has 0 atom stereocenters. The van der Waals surface area contributed by atoms with E-state index in [1.807, 2.05) is 0 Å². The van der Waals surface area contributed by atoms with Crippen molar-refractivity contribution in [3.8, 4) is 0 Å². The Labute approximate surface area is 103 Å². The van der Waals surface area contributed by atoms with Gasteiger partial charge in [-0.05, 0) is 28.4 Å². The van der Waals surface area contributed by atoms with E-state index in [1.54, 1.807) is 25.5 Å². The summed E-state index contributed by atoms with van der Waals surface area (Å²) in [6.07, 6.45) is 4.01. The molecule has 1 aromatic heterocycles. The summed E-state index contributed by atoms with van der Waals surface area (Å²) in [5, 5.41) is 0. The summed E-state index contributed by atoms with van der Waals surface area (Å²) in [5.74, 6) is 0. The molecule has 0 unspecified atom stereocenters. The quantitative estimate of drug-likeness (QED) is 0.784. The fourth-order valence-electron chi connectivity index (χ4n) is 1.64. The standard InChI is InChI=1S/C9H12BrN3O2S/c1-12-3-2-4-13(16(12,14)15)9-5-8(10)6-11-7-9/h5-7H,2-4H2,1H3. The Hall–Kier alpha value is -0.660. The molecule has 2 heterocycles. The van der Waals surface area contributed by atoms with E-state index in [1.165, 1.54) is 8.61 Å². The third kappa shape index (κ3) is 2.07. The molecular formula is C9H12BrN3O2S. The summed E-state index contributed by atoms with van der Waals surface area (Å²) in [4.78, 5) is 3.98. The zero-order valence-corrected chi connectivity index (χ0v) is 11.2. The van der Waals surface area contributed by atoms with Crippen LogP contribution in [0.15, 0.2) is 22.9 Å². The van der Waals surface area contributed by atoms with Gasteiger partial charge >= 0.3 is 10.2 Å². The van der Waals surface area contributed by atoms with Crippen LogP contribution < -0.4 is 4.31 Å². The van der Waals surface area contributed by atoms with Crippen molar-refractivity contribution in [2.24, 2.45) is 0 Å². The van der Waals surface area contributed by atoms with Gasteiger partial charge in [0.15, 0.2) is 0 Å². The van der Waals surface area contributed by atoms with E-state index in [2.05, 4.69) is 20.9 Å². The van der Waals surface area contributed by atoms with E-state index in [0.717, 1.165) is 10.9 Å². The second kappa shape index (κ2) is 4.31. The van der Waals surface area contributed by atoms with Gasteiger partial charge in [-0.2, -0.15) is 12.7 Å². The Morgan fingerprint density at radius 3 is 2.81 bits per heavy atom. The van der Waals surface area contributed by atoms with Gasteiger partial charge in [0.05, 0.1) is 11.9 Å². The molecule has 0 radical (unpaired) electrons. The molecule has 2 rings (SSSR count). The molecule has 0 N–H and O–H groups in total. The van der Waals surface area contributed by atoms with Crippen LogP contribution in [0.4, 0.5) is 5.69 Å². The van der Waals surface area contributed by atoms with Crippen LogP contribution in [0.3, 0.4) is 0 Å².